The number of fused-ring (bicyclic) bond motifs is 3. The summed E-state index contributed by atoms with van der Waals surface area (Å²) in [4.78, 5) is 64.2. The number of carbonyl (C=O) groups is 3. The van der Waals surface area contributed by atoms with Crippen LogP contribution < -0.4 is 15.0 Å². The van der Waals surface area contributed by atoms with Gasteiger partial charge in [-0.2, -0.15) is 0 Å². The van der Waals surface area contributed by atoms with Gasteiger partial charge in [0.05, 0.1) is 31.2 Å². The molecular weight excluding hydrogens is 843 g/mol. The van der Waals surface area contributed by atoms with E-state index in [1.165, 1.54) is 5.56 Å². The van der Waals surface area contributed by atoms with Crippen molar-refractivity contribution < 1.29 is 29.0 Å². The number of piperazine rings is 1. The summed E-state index contributed by atoms with van der Waals surface area (Å²) in [5.41, 5.74) is 3.39. The van der Waals surface area contributed by atoms with Crippen LogP contribution in [0.2, 0.25) is 0 Å². The molecule has 5 heterocycles. The average Bonchev–Trinajstić information content (AvgIpc) is 3.85. The number of aromatic nitrogens is 2. The Kier molecular flexibility index (Phi) is 12.2. The van der Waals surface area contributed by atoms with Gasteiger partial charge >= 0.3 is 5.97 Å². The molecular formula is C54H51N7O6. The van der Waals surface area contributed by atoms with Crippen LogP contribution >= 0.6 is 0 Å². The number of nitrogens with zero attached hydrogens (tertiary/aromatic N) is 6. The van der Waals surface area contributed by atoms with Crippen molar-refractivity contribution in [3.63, 3.8) is 0 Å². The first kappa shape index (κ1) is 43.5. The number of hydrogen-bond acceptors (Lipinski definition) is 11. The van der Waals surface area contributed by atoms with E-state index in [1.807, 2.05) is 133 Å². The minimum absolute atomic E-state index is 0.0179. The van der Waals surface area contributed by atoms with Gasteiger partial charge in [-0.3, -0.25) is 24.2 Å². The van der Waals surface area contributed by atoms with Crippen molar-refractivity contribution in [2.75, 3.05) is 63.2 Å². The second-order valence-corrected chi connectivity index (χ2v) is 17.4. The number of aliphatic hydroxyl groups is 1. The number of nitrogens with one attached hydrogen (secondary N) is 1. The van der Waals surface area contributed by atoms with Crippen LogP contribution in [0.4, 0.5) is 11.6 Å². The lowest BCUT2D eigenvalue weighted by Crippen LogP contribution is -2.58. The molecule has 6 atom stereocenters. The highest BCUT2D eigenvalue weighted by atomic mass is 16.6. The highest BCUT2D eigenvalue weighted by Gasteiger charge is 2.74. The van der Waals surface area contributed by atoms with Gasteiger partial charge in [-0.05, 0) is 59.6 Å². The van der Waals surface area contributed by atoms with Crippen molar-refractivity contribution >= 4 is 29.4 Å². The highest BCUT2D eigenvalue weighted by molar-refractivity contribution is 6.12. The highest BCUT2D eigenvalue weighted by Crippen LogP contribution is 2.66. The van der Waals surface area contributed by atoms with E-state index in [2.05, 4.69) is 49.1 Å². The maximum atomic E-state index is 16.0. The monoisotopic (exact) mass is 893 g/mol. The third-order valence-electron chi connectivity index (χ3n) is 13.4. The summed E-state index contributed by atoms with van der Waals surface area (Å²) in [5.74, 6) is 5.05. The second kappa shape index (κ2) is 18.9. The van der Waals surface area contributed by atoms with Crippen molar-refractivity contribution in [3.8, 4) is 17.6 Å². The number of carbonyl (C=O) groups excluding carboxylic acids is 3. The number of para-hydroxylation sites is 1. The minimum Gasteiger partial charge on any atom is -0.491 e. The van der Waals surface area contributed by atoms with E-state index < -0.39 is 47.4 Å². The van der Waals surface area contributed by atoms with E-state index in [0.29, 0.717) is 66.8 Å². The lowest BCUT2D eigenvalue weighted by molar-refractivity contribution is -0.179. The number of cyclic esters (lactones) is 1. The Balaban J connectivity index is 1.16. The summed E-state index contributed by atoms with van der Waals surface area (Å²) in [6.45, 7) is 2.43. The third-order valence-corrected chi connectivity index (χ3v) is 13.4. The van der Waals surface area contributed by atoms with Gasteiger partial charge in [0.1, 0.15) is 29.9 Å². The summed E-state index contributed by atoms with van der Waals surface area (Å²) < 4.78 is 13.0. The molecule has 2 amide bonds. The molecule has 6 aromatic rings. The van der Waals surface area contributed by atoms with Crippen LogP contribution in [0.1, 0.15) is 51.6 Å². The Bertz CT molecular complexity index is 2800. The van der Waals surface area contributed by atoms with Gasteiger partial charge in [0.2, 0.25) is 17.8 Å². The lowest BCUT2D eigenvalue weighted by atomic mass is 9.64. The quantitative estimate of drug-likeness (QED) is 0.118. The fourth-order valence-electron chi connectivity index (χ4n) is 10.6. The van der Waals surface area contributed by atoms with Gasteiger partial charge in [0, 0.05) is 61.9 Å². The van der Waals surface area contributed by atoms with Gasteiger partial charge in [-0.25, -0.2) is 9.97 Å². The van der Waals surface area contributed by atoms with E-state index in [9.17, 15) is 5.11 Å². The first-order valence-corrected chi connectivity index (χ1v) is 22.7. The van der Waals surface area contributed by atoms with Crippen LogP contribution in [-0.2, 0) is 31.1 Å². The van der Waals surface area contributed by atoms with E-state index in [-0.39, 0.29) is 19.1 Å². The number of amides is 2. The van der Waals surface area contributed by atoms with E-state index in [4.69, 9.17) is 9.47 Å². The molecule has 13 nitrogen and oxygen atoms in total. The van der Waals surface area contributed by atoms with Crippen molar-refractivity contribution in [2.45, 2.75) is 36.2 Å². The molecule has 338 valence electrons. The molecule has 2 N–H and O–H groups in total. The number of benzene rings is 5. The van der Waals surface area contributed by atoms with Crippen LogP contribution in [0.5, 0.6) is 5.75 Å². The molecule has 0 unspecified atom stereocenters. The number of rotatable bonds is 11. The van der Waals surface area contributed by atoms with Crippen LogP contribution in [0.15, 0.2) is 152 Å². The first-order chi connectivity index (χ1) is 32.9. The molecule has 1 aromatic heterocycles. The molecule has 13 heteroatoms. The first-order valence-electron chi connectivity index (χ1n) is 22.7. The average molecular weight is 894 g/mol. The summed E-state index contributed by atoms with van der Waals surface area (Å²) in [6.07, 6.45) is 2.56. The molecule has 4 aliphatic rings. The second-order valence-electron chi connectivity index (χ2n) is 17.4. The van der Waals surface area contributed by atoms with Crippen molar-refractivity contribution in [2.24, 2.45) is 5.92 Å². The normalized spacial score (nSPS) is 23.2. The molecule has 0 saturated carbocycles. The largest absolute Gasteiger partial charge is 0.491 e. The predicted octanol–water partition coefficient (Wildman–Crippen LogP) is 5.95. The Hall–Kier alpha value is -7.37. The van der Waals surface area contributed by atoms with Crippen molar-refractivity contribution in [1.82, 2.24) is 24.7 Å². The Morgan fingerprint density at radius 1 is 0.836 bits per heavy atom. The molecule has 3 fully saturated rings. The van der Waals surface area contributed by atoms with Crippen LogP contribution in [-0.4, -0.2) is 107 Å². The third kappa shape index (κ3) is 8.07. The Morgan fingerprint density at radius 2 is 1.51 bits per heavy atom. The van der Waals surface area contributed by atoms with Gasteiger partial charge in [-0.1, -0.05) is 121 Å². The van der Waals surface area contributed by atoms with E-state index in [1.54, 1.807) is 23.4 Å². The molecule has 3 saturated heterocycles. The molecule has 67 heavy (non-hydrogen) atoms. The number of morpholine rings is 1. The van der Waals surface area contributed by atoms with Crippen molar-refractivity contribution in [1.29, 1.82) is 0 Å². The number of hydrogen-bond donors (Lipinski definition) is 2. The molecule has 0 radical (unpaired) electrons. The molecule has 10 rings (SSSR count). The van der Waals surface area contributed by atoms with E-state index in [0.717, 1.165) is 17.7 Å². The topological polar surface area (TPSA) is 141 Å². The predicted molar refractivity (Wildman–Crippen MR) is 253 cm³/mol. The zero-order valence-electron chi connectivity index (χ0n) is 37.1. The fraction of sp³-hybridized carbons (Fsp3) is 0.278. The van der Waals surface area contributed by atoms with Crippen molar-refractivity contribution in [3.05, 3.63) is 185 Å². The summed E-state index contributed by atoms with van der Waals surface area (Å²) in [6, 6.07) is 41.6. The number of anilines is 2. The molecule has 1 spiro atoms. The number of ether oxygens (including phenoxy) is 2. The lowest BCUT2D eigenvalue weighted by Gasteiger charge is -2.46. The Morgan fingerprint density at radius 3 is 2.22 bits per heavy atom. The molecule has 0 aliphatic carbocycles. The van der Waals surface area contributed by atoms with Crippen LogP contribution in [0, 0.1) is 17.8 Å². The molecule has 0 bridgehead atoms. The summed E-state index contributed by atoms with van der Waals surface area (Å²) in [5, 5.41) is 13.3. The zero-order valence-corrected chi connectivity index (χ0v) is 37.1. The summed E-state index contributed by atoms with van der Waals surface area (Å²) in [7, 11) is 2.02. The fourth-order valence-corrected chi connectivity index (χ4v) is 10.6. The minimum atomic E-state index is -1.73. The van der Waals surface area contributed by atoms with Gasteiger partial charge < -0.3 is 29.7 Å². The maximum absolute atomic E-state index is 16.0. The van der Waals surface area contributed by atoms with E-state index >= 15 is 14.4 Å². The van der Waals surface area contributed by atoms with Gasteiger partial charge in [-0.15, -0.1) is 0 Å². The molecule has 4 aliphatic heterocycles. The smallest absolute Gasteiger partial charge is 0.324 e. The van der Waals surface area contributed by atoms with Crippen LogP contribution in [0.25, 0.3) is 0 Å². The molecule has 5 aromatic carbocycles. The number of aliphatic hydroxyl groups excluding tert-OH is 1. The standard InChI is InChI=1S/C54H51N7O6/c1-58(36-38-15-5-2-6-16-38)28-13-17-37-24-25-43-42(35-37)54(52(65)57-43)45(50(63)59-29-31-60(32-30-59)53-55-26-14-27-56-53)47-51(64)67-48(40-20-9-4-10-21-40)46(39-18-7-3-8-19-39)61(47)49(54)41-22-11-12-23-44(41)66-34-33-62/h2-12,14-16,18-27,35,45-49,62H,28-34,36H2,1H3,(H,57,65)/t45-,46-,47-,48+,49+,54-/m0/s1. The maximum Gasteiger partial charge on any atom is 0.324 e. The number of esters is 1. The zero-order chi connectivity index (χ0) is 45.9. The van der Waals surface area contributed by atoms with Gasteiger partial charge in [0.15, 0.2) is 0 Å². The Labute approximate surface area is 390 Å². The SMILES string of the molecule is CN(CC#Cc1ccc2c(c1)[C@]1(C(=O)N2)[C@H](C(=O)N2CCN(c3ncccn3)CC2)[C@H]2C(=O)O[C@H](c3ccccc3)[C@H](c3ccccc3)N2[C@@H]1c1ccccc1OCCO)Cc1ccccc1. The van der Waals surface area contributed by atoms with Gasteiger partial charge in [0.25, 0.3) is 0 Å². The summed E-state index contributed by atoms with van der Waals surface area (Å²) >= 11 is 0. The van der Waals surface area contributed by atoms with Crippen LogP contribution in [0.3, 0.4) is 0 Å².